The number of benzene rings is 1. The second-order valence-corrected chi connectivity index (χ2v) is 7.89. The Kier molecular flexibility index (Phi) is 7.86. The molecule has 0 spiro atoms. The number of hydrogen-bond donors (Lipinski definition) is 1. The molecule has 1 N–H and O–H groups in total. The molecule has 6 heteroatoms. The van der Waals surface area contributed by atoms with E-state index in [-0.39, 0.29) is 17.7 Å². The van der Waals surface area contributed by atoms with E-state index in [0.717, 1.165) is 57.4 Å². The van der Waals surface area contributed by atoms with E-state index in [0.29, 0.717) is 25.6 Å². The van der Waals surface area contributed by atoms with Crippen LogP contribution in [-0.4, -0.2) is 74.1 Å². The van der Waals surface area contributed by atoms with E-state index in [1.54, 1.807) is 7.11 Å². The van der Waals surface area contributed by atoms with Crippen LogP contribution in [0.5, 0.6) is 0 Å². The monoisotopic (exact) mass is 387 g/mol. The van der Waals surface area contributed by atoms with Crippen LogP contribution >= 0.6 is 0 Å². The summed E-state index contributed by atoms with van der Waals surface area (Å²) in [6.07, 6.45) is 4.51. The van der Waals surface area contributed by atoms with Gasteiger partial charge < -0.3 is 15.0 Å². The van der Waals surface area contributed by atoms with Crippen LogP contribution in [0.2, 0.25) is 0 Å². The van der Waals surface area contributed by atoms with Crippen molar-refractivity contribution in [2.75, 3.05) is 46.4 Å². The molecule has 0 aliphatic carbocycles. The summed E-state index contributed by atoms with van der Waals surface area (Å²) in [5, 5.41) is 2.98. The Bertz CT molecular complexity index is 629. The van der Waals surface area contributed by atoms with Gasteiger partial charge in [0.25, 0.3) is 0 Å². The number of nitrogens with one attached hydrogen (secondary N) is 1. The van der Waals surface area contributed by atoms with Crippen LogP contribution in [-0.2, 0) is 20.7 Å². The van der Waals surface area contributed by atoms with Crippen molar-refractivity contribution in [1.82, 2.24) is 15.1 Å². The number of amides is 2. The average molecular weight is 388 g/mol. The third-order valence-electron chi connectivity index (χ3n) is 5.96. The first-order chi connectivity index (χ1) is 13.7. The number of likely N-dealkylation sites (tertiary alicyclic amines) is 2. The van der Waals surface area contributed by atoms with Crippen LogP contribution in [0.1, 0.15) is 31.2 Å². The second kappa shape index (κ2) is 10.6. The first kappa shape index (κ1) is 20.8. The van der Waals surface area contributed by atoms with Gasteiger partial charge in [-0.3, -0.25) is 14.5 Å². The van der Waals surface area contributed by atoms with Gasteiger partial charge in [0.15, 0.2) is 0 Å². The van der Waals surface area contributed by atoms with Crippen LogP contribution < -0.4 is 5.32 Å². The van der Waals surface area contributed by atoms with Crippen molar-refractivity contribution in [2.24, 2.45) is 5.92 Å². The quantitative estimate of drug-likeness (QED) is 0.724. The lowest BCUT2D eigenvalue weighted by Crippen LogP contribution is -2.51. The highest BCUT2D eigenvalue weighted by molar-refractivity contribution is 5.79. The van der Waals surface area contributed by atoms with Crippen molar-refractivity contribution in [1.29, 1.82) is 0 Å². The zero-order valence-corrected chi connectivity index (χ0v) is 16.9. The minimum atomic E-state index is 0.0725. The van der Waals surface area contributed by atoms with Crippen molar-refractivity contribution in [3.63, 3.8) is 0 Å². The SMILES string of the molecule is COCCNC(=O)[C@@H]1CCCN(C2CCN(C(=O)Cc3ccccc3)CC2)C1. The van der Waals surface area contributed by atoms with Crippen LogP contribution in [0.4, 0.5) is 0 Å². The average Bonchev–Trinajstić information content (AvgIpc) is 2.75. The highest BCUT2D eigenvalue weighted by atomic mass is 16.5. The summed E-state index contributed by atoms with van der Waals surface area (Å²) in [6.45, 7) is 4.66. The minimum absolute atomic E-state index is 0.0725. The van der Waals surface area contributed by atoms with Gasteiger partial charge in [0, 0.05) is 39.3 Å². The Morgan fingerprint density at radius 3 is 2.57 bits per heavy atom. The molecule has 0 saturated carbocycles. The second-order valence-electron chi connectivity index (χ2n) is 7.89. The maximum Gasteiger partial charge on any atom is 0.226 e. The molecule has 0 radical (unpaired) electrons. The largest absolute Gasteiger partial charge is 0.383 e. The van der Waals surface area contributed by atoms with Gasteiger partial charge in [-0.15, -0.1) is 0 Å². The summed E-state index contributed by atoms with van der Waals surface area (Å²) in [6, 6.07) is 10.4. The van der Waals surface area contributed by atoms with Crippen LogP contribution in [0, 0.1) is 5.92 Å². The summed E-state index contributed by atoms with van der Waals surface area (Å²) in [5.41, 5.74) is 1.08. The number of nitrogens with zero attached hydrogens (tertiary/aromatic N) is 2. The first-order valence-electron chi connectivity index (χ1n) is 10.5. The van der Waals surface area contributed by atoms with Gasteiger partial charge in [0.05, 0.1) is 18.9 Å². The smallest absolute Gasteiger partial charge is 0.226 e. The van der Waals surface area contributed by atoms with Crippen molar-refractivity contribution in [3.05, 3.63) is 35.9 Å². The summed E-state index contributed by atoms with van der Waals surface area (Å²) >= 11 is 0. The number of carbonyl (C=O) groups excluding carboxylic acids is 2. The van der Waals surface area contributed by atoms with Gasteiger partial charge in [-0.1, -0.05) is 30.3 Å². The maximum atomic E-state index is 12.6. The van der Waals surface area contributed by atoms with Crippen LogP contribution in [0.15, 0.2) is 30.3 Å². The number of rotatable bonds is 7. The van der Waals surface area contributed by atoms with Crippen LogP contribution in [0.25, 0.3) is 0 Å². The molecule has 3 rings (SSSR count). The van der Waals surface area contributed by atoms with E-state index < -0.39 is 0 Å². The summed E-state index contributed by atoms with van der Waals surface area (Å²) in [5.74, 6) is 0.444. The molecular weight excluding hydrogens is 354 g/mol. The molecule has 2 aliphatic rings. The Labute approximate surface area is 168 Å². The molecule has 2 aliphatic heterocycles. The zero-order valence-electron chi connectivity index (χ0n) is 16.9. The van der Waals surface area contributed by atoms with E-state index in [1.165, 1.54) is 0 Å². The number of carbonyl (C=O) groups is 2. The summed E-state index contributed by atoms with van der Waals surface area (Å²) in [4.78, 5) is 29.4. The molecule has 0 aromatic heterocycles. The lowest BCUT2D eigenvalue weighted by Gasteiger charge is -2.42. The van der Waals surface area contributed by atoms with Crippen LogP contribution in [0.3, 0.4) is 0 Å². The Hall–Kier alpha value is -1.92. The first-order valence-corrected chi connectivity index (χ1v) is 10.5. The molecular formula is C22H33N3O3. The van der Waals surface area contributed by atoms with E-state index in [2.05, 4.69) is 10.2 Å². The molecule has 2 saturated heterocycles. The highest BCUT2D eigenvalue weighted by Crippen LogP contribution is 2.24. The molecule has 28 heavy (non-hydrogen) atoms. The van der Waals surface area contributed by atoms with Crippen molar-refractivity contribution < 1.29 is 14.3 Å². The molecule has 1 aromatic rings. The predicted molar refractivity (Wildman–Crippen MR) is 109 cm³/mol. The zero-order chi connectivity index (χ0) is 19.8. The van der Waals surface area contributed by atoms with Gasteiger partial charge in [0.2, 0.25) is 11.8 Å². The van der Waals surface area contributed by atoms with E-state index in [4.69, 9.17) is 4.74 Å². The maximum absolute atomic E-state index is 12.6. The summed E-state index contributed by atoms with van der Waals surface area (Å²) in [7, 11) is 1.64. The molecule has 154 valence electrons. The fourth-order valence-corrected chi connectivity index (χ4v) is 4.34. The fraction of sp³-hybridized carbons (Fsp3) is 0.636. The Morgan fingerprint density at radius 2 is 1.86 bits per heavy atom. The van der Waals surface area contributed by atoms with Gasteiger partial charge >= 0.3 is 0 Å². The van der Waals surface area contributed by atoms with E-state index >= 15 is 0 Å². The van der Waals surface area contributed by atoms with Crippen molar-refractivity contribution >= 4 is 11.8 Å². The van der Waals surface area contributed by atoms with Crippen molar-refractivity contribution in [3.8, 4) is 0 Å². The van der Waals surface area contributed by atoms with Gasteiger partial charge in [-0.05, 0) is 37.8 Å². The number of methoxy groups -OCH3 is 1. The lowest BCUT2D eigenvalue weighted by molar-refractivity contribution is -0.132. The normalized spacial score (nSPS) is 21.5. The Balaban J connectivity index is 1.43. The standard InChI is InChI=1S/C22H33N3O3/c1-28-15-11-23-22(27)19-8-5-12-25(17-19)20-9-13-24(14-10-20)21(26)16-18-6-3-2-4-7-18/h2-4,6-7,19-20H,5,8-17H2,1H3,(H,23,27)/t19-/m1/s1. The highest BCUT2D eigenvalue weighted by Gasteiger charge is 2.32. The molecule has 0 bridgehead atoms. The molecule has 1 atom stereocenters. The summed E-state index contributed by atoms with van der Waals surface area (Å²) < 4.78 is 5.01. The van der Waals surface area contributed by atoms with E-state index in [9.17, 15) is 9.59 Å². The topological polar surface area (TPSA) is 61.9 Å². The van der Waals surface area contributed by atoms with Gasteiger partial charge in [-0.2, -0.15) is 0 Å². The van der Waals surface area contributed by atoms with Gasteiger partial charge in [0.1, 0.15) is 0 Å². The van der Waals surface area contributed by atoms with Gasteiger partial charge in [-0.25, -0.2) is 0 Å². The van der Waals surface area contributed by atoms with E-state index in [1.807, 2.05) is 35.2 Å². The number of ether oxygens (including phenoxy) is 1. The van der Waals surface area contributed by atoms with Crippen molar-refractivity contribution in [2.45, 2.75) is 38.1 Å². The number of piperidine rings is 2. The minimum Gasteiger partial charge on any atom is -0.383 e. The molecule has 2 amide bonds. The Morgan fingerprint density at radius 1 is 1.11 bits per heavy atom. The third kappa shape index (κ3) is 5.79. The molecule has 1 aromatic carbocycles. The third-order valence-corrected chi connectivity index (χ3v) is 5.96. The molecule has 6 nitrogen and oxygen atoms in total. The molecule has 0 unspecified atom stereocenters. The number of hydrogen-bond acceptors (Lipinski definition) is 4. The molecule has 2 fully saturated rings. The molecule has 2 heterocycles. The predicted octanol–water partition coefficient (Wildman–Crippen LogP) is 1.69. The fourth-order valence-electron chi connectivity index (χ4n) is 4.34. The lowest BCUT2D eigenvalue weighted by atomic mass is 9.93.